The Balaban J connectivity index is 1.34. The Bertz CT molecular complexity index is 2000. The maximum absolute atomic E-state index is 11.7. The monoisotopic (exact) mass is 567 g/mol. The fraction of sp³-hybridized carbons (Fsp3) is 0.216. The Labute approximate surface area is 250 Å². The molecule has 6 nitrogen and oxygen atoms in total. The molecule has 43 heavy (non-hydrogen) atoms. The van der Waals surface area contributed by atoms with Crippen LogP contribution in [0.4, 0.5) is 0 Å². The van der Waals surface area contributed by atoms with Gasteiger partial charge in [0.15, 0.2) is 0 Å². The first-order valence-corrected chi connectivity index (χ1v) is 14.9. The molecule has 1 aliphatic rings. The molecule has 0 atom stereocenters. The summed E-state index contributed by atoms with van der Waals surface area (Å²) < 4.78 is 7.93. The van der Waals surface area contributed by atoms with Crippen molar-refractivity contribution >= 4 is 27.9 Å². The predicted molar refractivity (Wildman–Crippen MR) is 172 cm³/mol. The first-order valence-electron chi connectivity index (χ1n) is 14.9. The Hall–Kier alpha value is -4.97. The summed E-state index contributed by atoms with van der Waals surface area (Å²) in [4.78, 5) is 21.8. The summed E-state index contributed by atoms with van der Waals surface area (Å²) >= 11 is 0. The maximum Gasteiger partial charge on any atom is 0.335 e. The molecule has 1 N–H and O–H groups in total. The van der Waals surface area contributed by atoms with Crippen molar-refractivity contribution in [1.82, 2.24) is 14.5 Å². The number of aryl methyl sites for hydroxylation is 1. The van der Waals surface area contributed by atoms with Gasteiger partial charge in [0.2, 0.25) is 0 Å². The molecular formula is C37H33N3O3. The van der Waals surface area contributed by atoms with Crippen LogP contribution in [0, 0.1) is 6.92 Å². The Morgan fingerprint density at radius 2 is 1.65 bits per heavy atom. The van der Waals surface area contributed by atoms with Crippen LogP contribution in [0.2, 0.25) is 0 Å². The zero-order valence-electron chi connectivity index (χ0n) is 24.4. The molecule has 1 saturated carbocycles. The van der Waals surface area contributed by atoms with E-state index < -0.39 is 5.97 Å². The number of hydrogen-bond acceptors (Lipinski definition) is 4. The molecule has 0 bridgehead atoms. The third kappa shape index (κ3) is 4.93. The third-order valence-electron chi connectivity index (χ3n) is 8.76. The number of pyridine rings is 1. The molecule has 0 amide bonds. The van der Waals surface area contributed by atoms with Gasteiger partial charge in [-0.3, -0.25) is 0 Å². The molecule has 2 heterocycles. The summed E-state index contributed by atoms with van der Waals surface area (Å²) in [5.74, 6) is 0.729. The Morgan fingerprint density at radius 1 is 0.814 bits per heavy atom. The van der Waals surface area contributed by atoms with Crippen molar-refractivity contribution < 1.29 is 14.6 Å². The predicted octanol–water partition coefficient (Wildman–Crippen LogP) is 9.11. The quantitative estimate of drug-likeness (QED) is 0.217. The minimum Gasteiger partial charge on any atom is -0.497 e. The molecule has 0 spiro atoms. The van der Waals surface area contributed by atoms with E-state index in [0.717, 1.165) is 68.7 Å². The fourth-order valence-corrected chi connectivity index (χ4v) is 6.53. The number of carboxylic acid groups (broad SMARTS) is 1. The highest BCUT2D eigenvalue weighted by atomic mass is 16.5. The minimum atomic E-state index is -0.940. The minimum absolute atomic E-state index is 0.255. The van der Waals surface area contributed by atoms with Gasteiger partial charge in [-0.15, -0.1) is 0 Å². The molecule has 214 valence electrons. The van der Waals surface area contributed by atoms with Gasteiger partial charge < -0.3 is 14.4 Å². The molecular weight excluding hydrogens is 534 g/mol. The Morgan fingerprint density at radius 3 is 2.44 bits per heavy atom. The van der Waals surface area contributed by atoms with Crippen LogP contribution < -0.4 is 4.74 Å². The van der Waals surface area contributed by atoms with Crippen LogP contribution in [-0.2, 0) is 0 Å². The lowest BCUT2D eigenvalue weighted by molar-refractivity contribution is 0.0697. The van der Waals surface area contributed by atoms with E-state index in [1.54, 1.807) is 19.2 Å². The number of aromatic nitrogens is 3. The van der Waals surface area contributed by atoms with Gasteiger partial charge in [0.05, 0.1) is 34.9 Å². The van der Waals surface area contributed by atoms with E-state index in [4.69, 9.17) is 14.7 Å². The van der Waals surface area contributed by atoms with Gasteiger partial charge >= 0.3 is 5.97 Å². The van der Waals surface area contributed by atoms with Gasteiger partial charge in [-0.1, -0.05) is 55.7 Å². The highest BCUT2D eigenvalue weighted by Gasteiger charge is 2.23. The second kappa shape index (κ2) is 11.0. The fourth-order valence-electron chi connectivity index (χ4n) is 6.53. The maximum atomic E-state index is 11.7. The molecule has 4 aromatic carbocycles. The third-order valence-corrected chi connectivity index (χ3v) is 8.76. The summed E-state index contributed by atoms with van der Waals surface area (Å²) in [5.41, 5.74) is 9.25. The standard InChI is InChI=1S/C37H33N3O3/c1-23-8-6-7-11-29(23)30-16-15-28(43-2)22-31(30)33-18-12-24-20-25(13-17-32(24)38-33)36-39-34-21-26(37(41)42)14-19-35(34)40(36)27-9-4-3-5-10-27/h6-8,11-22,27H,3-5,9-10H2,1-2H3,(H,41,42). The van der Waals surface area contributed by atoms with Crippen LogP contribution in [0.15, 0.2) is 91.0 Å². The summed E-state index contributed by atoms with van der Waals surface area (Å²) in [7, 11) is 1.69. The first kappa shape index (κ1) is 26.9. The number of methoxy groups -OCH3 is 1. The number of carboxylic acids is 1. The molecule has 0 saturated heterocycles. The highest BCUT2D eigenvalue weighted by molar-refractivity contribution is 5.94. The van der Waals surface area contributed by atoms with Gasteiger partial charge in [0.25, 0.3) is 0 Å². The largest absolute Gasteiger partial charge is 0.497 e. The smallest absolute Gasteiger partial charge is 0.335 e. The lowest BCUT2D eigenvalue weighted by Crippen LogP contribution is -2.14. The second-order valence-corrected chi connectivity index (χ2v) is 11.4. The van der Waals surface area contributed by atoms with Crippen molar-refractivity contribution in [2.75, 3.05) is 7.11 Å². The number of carbonyl (C=O) groups is 1. The number of imidazole rings is 1. The highest BCUT2D eigenvalue weighted by Crippen LogP contribution is 2.39. The van der Waals surface area contributed by atoms with Gasteiger partial charge in [-0.25, -0.2) is 14.8 Å². The van der Waals surface area contributed by atoms with Crippen molar-refractivity contribution in [2.45, 2.75) is 45.1 Å². The molecule has 0 radical (unpaired) electrons. The van der Waals surface area contributed by atoms with Crippen LogP contribution in [-0.4, -0.2) is 32.7 Å². The van der Waals surface area contributed by atoms with Gasteiger partial charge in [-0.2, -0.15) is 0 Å². The van der Waals surface area contributed by atoms with Crippen LogP contribution in [0.5, 0.6) is 5.75 Å². The zero-order chi connectivity index (χ0) is 29.5. The van der Waals surface area contributed by atoms with Crippen LogP contribution >= 0.6 is 0 Å². The molecule has 0 aliphatic heterocycles. The molecule has 6 heteroatoms. The van der Waals surface area contributed by atoms with Gasteiger partial charge in [0, 0.05) is 22.6 Å². The van der Waals surface area contributed by atoms with Crippen molar-refractivity contribution in [3.05, 3.63) is 102 Å². The van der Waals surface area contributed by atoms with Gasteiger partial charge in [0.1, 0.15) is 11.6 Å². The Kier molecular flexibility index (Phi) is 6.90. The molecule has 6 aromatic rings. The lowest BCUT2D eigenvalue weighted by atomic mass is 9.93. The average molecular weight is 568 g/mol. The zero-order valence-corrected chi connectivity index (χ0v) is 24.4. The summed E-state index contributed by atoms with van der Waals surface area (Å²) in [5, 5.41) is 10.6. The number of benzene rings is 4. The molecule has 1 aliphatic carbocycles. The number of hydrogen-bond donors (Lipinski definition) is 1. The number of aromatic carboxylic acids is 1. The molecule has 1 fully saturated rings. The average Bonchev–Trinajstić information content (AvgIpc) is 3.43. The van der Waals surface area contributed by atoms with E-state index in [-0.39, 0.29) is 5.56 Å². The molecule has 7 rings (SSSR count). The van der Waals surface area contributed by atoms with Crippen molar-refractivity contribution in [3.63, 3.8) is 0 Å². The number of nitrogens with zero attached hydrogens (tertiary/aromatic N) is 3. The summed E-state index contributed by atoms with van der Waals surface area (Å²) in [6.07, 6.45) is 5.83. The van der Waals surface area contributed by atoms with E-state index in [9.17, 15) is 9.90 Å². The van der Waals surface area contributed by atoms with Crippen molar-refractivity contribution in [3.8, 4) is 39.5 Å². The van der Waals surface area contributed by atoms with E-state index in [1.807, 2.05) is 12.1 Å². The van der Waals surface area contributed by atoms with E-state index in [0.29, 0.717) is 6.04 Å². The summed E-state index contributed by atoms with van der Waals surface area (Å²) in [6, 6.07) is 30.7. The van der Waals surface area contributed by atoms with Crippen molar-refractivity contribution in [2.24, 2.45) is 0 Å². The van der Waals surface area contributed by atoms with Gasteiger partial charge in [-0.05, 0) is 91.1 Å². The topological polar surface area (TPSA) is 77.2 Å². The van der Waals surface area contributed by atoms with E-state index >= 15 is 0 Å². The van der Waals surface area contributed by atoms with E-state index in [2.05, 4.69) is 78.2 Å². The van der Waals surface area contributed by atoms with E-state index in [1.165, 1.54) is 30.4 Å². The number of rotatable bonds is 6. The van der Waals surface area contributed by atoms with Crippen molar-refractivity contribution in [1.29, 1.82) is 0 Å². The number of fused-ring (bicyclic) bond motifs is 2. The number of ether oxygens (including phenoxy) is 1. The van der Waals surface area contributed by atoms with Crippen LogP contribution in [0.3, 0.4) is 0 Å². The molecule has 0 unspecified atom stereocenters. The molecule has 2 aromatic heterocycles. The summed E-state index contributed by atoms with van der Waals surface area (Å²) in [6.45, 7) is 2.13. The normalized spacial score (nSPS) is 13.9. The second-order valence-electron chi connectivity index (χ2n) is 11.4. The van der Waals surface area contributed by atoms with Crippen LogP contribution in [0.25, 0.3) is 55.7 Å². The SMILES string of the molecule is COc1ccc(-c2ccccc2C)c(-c2ccc3cc(-c4nc5cc(C(=O)O)ccc5n4C4CCCCC4)ccc3n2)c1. The lowest BCUT2D eigenvalue weighted by Gasteiger charge is -2.25. The first-order chi connectivity index (χ1) is 21.0. The van der Waals surface area contributed by atoms with Crippen LogP contribution in [0.1, 0.15) is 54.1 Å².